The van der Waals surface area contributed by atoms with E-state index in [1.807, 2.05) is 18.2 Å². The third-order valence-electron chi connectivity index (χ3n) is 9.07. The molecule has 192 valence electrons. The minimum absolute atomic E-state index is 0.0579. The molecule has 0 radical (unpaired) electrons. The van der Waals surface area contributed by atoms with Crippen molar-refractivity contribution in [2.75, 3.05) is 0 Å². The average molecular weight is 485 g/mol. The smallest absolute Gasteiger partial charge is 0.162 e. The zero-order chi connectivity index (χ0) is 24.8. The van der Waals surface area contributed by atoms with Gasteiger partial charge in [0.05, 0.1) is 0 Å². The average Bonchev–Trinajstić information content (AvgIpc) is 2.89. The Bertz CT molecular complexity index is 950. The normalized spacial score (nSPS) is 25.1. The highest BCUT2D eigenvalue weighted by Gasteiger charge is 2.27. The summed E-state index contributed by atoms with van der Waals surface area (Å²) in [5, 5.41) is 0. The molecule has 2 aliphatic carbocycles. The number of benzene rings is 2. The highest BCUT2D eigenvalue weighted by molar-refractivity contribution is 5.30. The van der Waals surface area contributed by atoms with Gasteiger partial charge in [0.25, 0.3) is 0 Å². The van der Waals surface area contributed by atoms with E-state index in [4.69, 9.17) is 0 Å². The first-order valence-electron chi connectivity index (χ1n) is 14.2. The summed E-state index contributed by atoms with van der Waals surface area (Å²) in [6, 6.07) is 9.55. The van der Waals surface area contributed by atoms with Crippen molar-refractivity contribution in [2.45, 2.75) is 116 Å². The molecule has 2 aliphatic rings. The Morgan fingerprint density at radius 2 is 1.34 bits per heavy atom. The van der Waals surface area contributed by atoms with Crippen LogP contribution in [0.25, 0.3) is 0 Å². The van der Waals surface area contributed by atoms with Crippen molar-refractivity contribution < 1.29 is 13.2 Å². The lowest BCUT2D eigenvalue weighted by atomic mass is 9.76. The molecule has 4 rings (SSSR count). The SMILES string of the molecule is CCCCc1ccc(C2CCC(CCc3ccc(C4CCC(CC)CC4)c(F)c3F)CC2)cc1F. The molecule has 0 amide bonds. The van der Waals surface area contributed by atoms with Crippen LogP contribution >= 0.6 is 0 Å². The molecule has 2 saturated carbocycles. The molecule has 2 fully saturated rings. The van der Waals surface area contributed by atoms with Crippen LogP contribution in [-0.4, -0.2) is 0 Å². The summed E-state index contributed by atoms with van der Waals surface area (Å²) in [5.74, 6) is 0.587. The van der Waals surface area contributed by atoms with Crippen molar-refractivity contribution in [1.82, 2.24) is 0 Å². The molecule has 2 aromatic rings. The van der Waals surface area contributed by atoms with Crippen LogP contribution in [0.3, 0.4) is 0 Å². The first kappa shape index (κ1) is 26.3. The van der Waals surface area contributed by atoms with Crippen molar-refractivity contribution in [3.63, 3.8) is 0 Å². The molecule has 3 heteroatoms. The Labute approximate surface area is 210 Å². The fraction of sp³-hybridized carbons (Fsp3) is 0.625. The summed E-state index contributed by atoms with van der Waals surface area (Å²) in [6.45, 7) is 4.35. The first-order chi connectivity index (χ1) is 17.0. The Morgan fingerprint density at radius 1 is 0.686 bits per heavy atom. The summed E-state index contributed by atoms with van der Waals surface area (Å²) >= 11 is 0. The molecule has 0 bridgehead atoms. The summed E-state index contributed by atoms with van der Waals surface area (Å²) in [4.78, 5) is 0. The molecule has 2 aromatic carbocycles. The molecule has 0 nitrogen and oxygen atoms in total. The quantitative estimate of drug-likeness (QED) is 0.332. The van der Waals surface area contributed by atoms with Gasteiger partial charge in [-0.1, -0.05) is 51.0 Å². The highest BCUT2D eigenvalue weighted by Crippen LogP contribution is 2.40. The topological polar surface area (TPSA) is 0 Å². The van der Waals surface area contributed by atoms with E-state index in [1.165, 1.54) is 6.42 Å². The third-order valence-corrected chi connectivity index (χ3v) is 9.07. The van der Waals surface area contributed by atoms with E-state index >= 15 is 0 Å². The second-order valence-electron chi connectivity index (χ2n) is 11.3. The van der Waals surface area contributed by atoms with Crippen LogP contribution in [0.5, 0.6) is 0 Å². The second-order valence-corrected chi connectivity index (χ2v) is 11.3. The van der Waals surface area contributed by atoms with Crippen LogP contribution < -0.4 is 0 Å². The minimum atomic E-state index is -0.618. The van der Waals surface area contributed by atoms with Crippen molar-refractivity contribution in [3.05, 3.63) is 70.0 Å². The van der Waals surface area contributed by atoms with E-state index in [9.17, 15) is 13.2 Å². The maximum absolute atomic E-state index is 15.0. The highest BCUT2D eigenvalue weighted by atomic mass is 19.2. The van der Waals surface area contributed by atoms with Gasteiger partial charge < -0.3 is 0 Å². The van der Waals surface area contributed by atoms with E-state index in [-0.39, 0.29) is 11.7 Å². The van der Waals surface area contributed by atoms with Crippen molar-refractivity contribution in [3.8, 4) is 0 Å². The van der Waals surface area contributed by atoms with Gasteiger partial charge >= 0.3 is 0 Å². The van der Waals surface area contributed by atoms with Gasteiger partial charge in [0.1, 0.15) is 5.82 Å². The van der Waals surface area contributed by atoms with Crippen molar-refractivity contribution >= 4 is 0 Å². The molecule has 35 heavy (non-hydrogen) atoms. The monoisotopic (exact) mass is 484 g/mol. The second kappa shape index (κ2) is 12.5. The van der Waals surface area contributed by atoms with Gasteiger partial charge in [-0.25, -0.2) is 13.2 Å². The Hall–Kier alpha value is -1.77. The Morgan fingerprint density at radius 3 is 2.00 bits per heavy atom. The maximum atomic E-state index is 15.0. The van der Waals surface area contributed by atoms with Crippen LogP contribution in [0, 0.1) is 29.3 Å². The number of rotatable bonds is 9. The lowest BCUT2D eigenvalue weighted by Crippen LogP contribution is -2.16. The molecule has 0 aromatic heterocycles. The van der Waals surface area contributed by atoms with Crippen molar-refractivity contribution in [2.24, 2.45) is 11.8 Å². The van der Waals surface area contributed by atoms with E-state index in [0.717, 1.165) is 94.1 Å². The molecule has 0 heterocycles. The molecule has 0 atom stereocenters. The van der Waals surface area contributed by atoms with Gasteiger partial charge in [0, 0.05) is 0 Å². The fourth-order valence-electron chi connectivity index (χ4n) is 6.53. The first-order valence-corrected chi connectivity index (χ1v) is 14.2. The van der Waals surface area contributed by atoms with E-state index in [1.54, 1.807) is 6.07 Å². The molecule has 0 saturated heterocycles. The molecule has 0 unspecified atom stereocenters. The lowest BCUT2D eigenvalue weighted by molar-refractivity contribution is 0.307. The van der Waals surface area contributed by atoms with Gasteiger partial charge in [-0.05, 0) is 129 Å². The molecule has 0 spiro atoms. The van der Waals surface area contributed by atoms with Gasteiger partial charge in [-0.2, -0.15) is 0 Å². The van der Waals surface area contributed by atoms with Gasteiger partial charge in [-0.3, -0.25) is 0 Å². The number of hydrogen-bond acceptors (Lipinski definition) is 0. The number of halogens is 3. The minimum Gasteiger partial charge on any atom is -0.207 e. The molecule has 0 N–H and O–H groups in total. The zero-order valence-electron chi connectivity index (χ0n) is 21.7. The van der Waals surface area contributed by atoms with Gasteiger partial charge in [0.15, 0.2) is 11.6 Å². The van der Waals surface area contributed by atoms with Crippen LogP contribution in [0.2, 0.25) is 0 Å². The van der Waals surface area contributed by atoms with Gasteiger partial charge in [-0.15, -0.1) is 0 Å². The summed E-state index contributed by atoms with van der Waals surface area (Å²) in [7, 11) is 0. The maximum Gasteiger partial charge on any atom is 0.162 e. The zero-order valence-corrected chi connectivity index (χ0v) is 21.7. The van der Waals surface area contributed by atoms with E-state index in [2.05, 4.69) is 19.9 Å². The van der Waals surface area contributed by atoms with Gasteiger partial charge in [0.2, 0.25) is 0 Å². The predicted molar refractivity (Wildman–Crippen MR) is 139 cm³/mol. The number of unbranched alkanes of at least 4 members (excludes halogenated alkanes) is 1. The molecular formula is C32H43F3. The standard InChI is InChI=1S/C32H43F3/c1-3-5-6-26-17-18-28(21-30(26)33)24-12-9-23(10-13-24)11-16-27-19-20-29(32(35)31(27)34)25-14-7-22(4-2)8-15-25/h17-25H,3-16H2,1-2H3. The number of aryl methyl sites for hydroxylation is 2. The van der Waals surface area contributed by atoms with Crippen LogP contribution in [-0.2, 0) is 12.8 Å². The number of hydrogen-bond donors (Lipinski definition) is 0. The van der Waals surface area contributed by atoms with Crippen LogP contribution in [0.15, 0.2) is 30.3 Å². The van der Waals surface area contributed by atoms with Crippen LogP contribution in [0.4, 0.5) is 13.2 Å². The summed E-state index contributed by atoms with van der Waals surface area (Å²) < 4.78 is 44.4. The van der Waals surface area contributed by atoms with E-state index in [0.29, 0.717) is 29.4 Å². The lowest BCUT2D eigenvalue weighted by Gasteiger charge is -2.29. The molecule has 0 aliphatic heterocycles. The summed E-state index contributed by atoms with van der Waals surface area (Å²) in [6.07, 6.45) is 14.1. The van der Waals surface area contributed by atoms with E-state index < -0.39 is 11.6 Å². The Balaban J connectivity index is 1.28. The molecular weight excluding hydrogens is 441 g/mol. The van der Waals surface area contributed by atoms with Crippen LogP contribution in [0.1, 0.15) is 125 Å². The van der Waals surface area contributed by atoms with Crippen molar-refractivity contribution in [1.29, 1.82) is 0 Å². The predicted octanol–water partition coefficient (Wildman–Crippen LogP) is 10.0. The largest absolute Gasteiger partial charge is 0.207 e. The fourth-order valence-corrected chi connectivity index (χ4v) is 6.53. The summed E-state index contributed by atoms with van der Waals surface area (Å²) in [5.41, 5.74) is 3.07. The Kier molecular flexibility index (Phi) is 9.36. The third kappa shape index (κ3) is 6.52.